The zero-order valence-electron chi connectivity index (χ0n) is 20.8. The zero-order valence-corrected chi connectivity index (χ0v) is 20.8. The highest BCUT2D eigenvalue weighted by atomic mass is 19.1. The molecule has 0 bridgehead atoms. The van der Waals surface area contributed by atoms with Gasteiger partial charge in [-0.1, -0.05) is 12.1 Å². The summed E-state index contributed by atoms with van der Waals surface area (Å²) in [5, 5.41) is 16.3. The second-order valence-corrected chi connectivity index (χ2v) is 8.54. The summed E-state index contributed by atoms with van der Waals surface area (Å²) in [6, 6.07) is 7.35. The molecule has 0 spiro atoms. The lowest BCUT2D eigenvalue weighted by Gasteiger charge is -2.09. The number of urea groups is 1. The molecule has 2 aromatic carbocycles. The van der Waals surface area contributed by atoms with Crippen molar-refractivity contribution >= 4 is 46.8 Å². The predicted octanol–water partition coefficient (Wildman–Crippen LogP) is 3.89. The first-order valence-corrected chi connectivity index (χ1v) is 11.7. The first-order chi connectivity index (χ1) is 18.1. The van der Waals surface area contributed by atoms with E-state index in [1.807, 2.05) is 5.32 Å². The molecule has 1 aliphatic heterocycles. The Morgan fingerprint density at radius 1 is 1.13 bits per heavy atom. The SMILES string of the molecule is CCOC(=O)c1c(C)[nH]c(/C=C2\C(=O)Nc3cc(NC(=O)NC(=O)c4ccc(CO)cc4F)ccc32)c1C. The highest BCUT2D eigenvalue weighted by Crippen LogP contribution is 2.36. The number of imide groups is 1. The van der Waals surface area contributed by atoms with E-state index in [9.17, 15) is 23.6 Å². The largest absolute Gasteiger partial charge is 0.462 e. The van der Waals surface area contributed by atoms with E-state index in [0.717, 1.165) is 6.07 Å². The summed E-state index contributed by atoms with van der Waals surface area (Å²) in [6.45, 7) is 5.09. The van der Waals surface area contributed by atoms with Crippen LogP contribution in [0, 0.1) is 19.7 Å². The van der Waals surface area contributed by atoms with Crippen LogP contribution in [0.2, 0.25) is 0 Å². The van der Waals surface area contributed by atoms with Crippen molar-refractivity contribution in [2.45, 2.75) is 27.4 Å². The van der Waals surface area contributed by atoms with E-state index in [4.69, 9.17) is 9.84 Å². The van der Waals surface area contributed by atoms with Gasteiger partial charge in [0.05, 0.1) is 35.6 Å². The molecule has 0 radical (unpaired) electrons. The van der Waals surface area contributed by atoms with Crippen molar-refractivity contribution in [3.8, 4) is 0 Å². The number of carbonyl (C=O) groups is 4. The third kappa shape index (κ3) is 5.18. The summed E-state index contributed by atoms with van der Waals surface area (Å²) in [6.07, 6.45) is 1.64. The number of aryl methyl sites for hydroxylation is 1. The number of nitrogens with one attached hydrogen (secondary N) is 4. The van der Waals surface area contributed by atoms with Crippen LogP contribution in [-0.2, 0) is 16.1 Å². The number of rotatable bonds is 6. The molecular weight excluding hydrogens is 495 g/mol. The molecule has 1 aliphatic rings. The molecular formula is C27H25FN4O6. The van der Waals surface area contributed by atoms with Crippen molar-refractivity contribution in [2.24, 2.45) is 0 Å². The molecule has 0 saturated heterocycles. The normalized spacial score (nSPS) is 13.2. The van der Waals surface area contributed by atoms with Crippen molar-refractivity contribution in [2.75, 3.05) is 17.2 Å². The predicted molar refractivity (Wildman–Crippen MR) is 138 cm³/mol. The van der Waals surface area contributed by atoms with Crippen LogP contribution < -0.4 is 16.0 Å². The van der Waals surface area contributed by atoms with Crippen LogP contribution in [0.4, 0.5) is 20.6 Å². The molecule has 0 aliphatic carbocycles. The van der Waals surface area contributed by atoms with Crippen LogP contribution in [0.5, 0.6) is 0 Å². The Hall–Kier alpha value is -4.77. The fourth-order valence-electron chi connectivity index (χ4n) is 4.16. The maximum atomic E-state index is 14.1. The quantitative estimate of drug-likeness (QED) is 0.246. The van der Waals surface area contributed by atoms with E-state index in [0.29, 0.717) is 39.3 Å². The summed E-state index contributed by atoms with van der Waals surface area (Å²) in [5.41, 5.74) is 3.86. The molecule has 38 heavy (non-hydrogen) atoms. The molecule has 11 heteroatoms. The molecule has 2 heterocycles. The number of halogens is 1. The van der Waals surface area contributed by atoms with Crippen molar-refractivity contribution in [1.82, 2.24) is 10.3 Å². The number of aromatic nitrogens is 1. The molecule has 196 valence electrons. The molecule has 3 aromatic rings. The van der Waals surface area contributed by atoms with Crippen LogP contribution in [0.1, 0.15) is 55.7 Å². The lowest BCUT2D eigenvalue weighted by Crippen LogP contribution is -2.34. The van der Waals surface area contributed by atoms with Gasteiger partial charge in [0.2, 0.25) is 0 Å². The number of hydrogen-bond acceptors (Lipinski definition) is 6. The Morgan fingerprint density at radius 3 is 2.58 bits per heavy atom. The number of amides is 4. The van der Waals surface area contributed by atoms with E-state index in [1.54, 1.807) is 39.0 Å². The minimum atomic E-state index is -0.956. The highest BCUT2D eigenvalue weighted by molar-refractivity contribution is 6.35. The molecule has 4 amide bonds. The summed E-state index contributed by atoms with van der Waals surface area (Å²) in [7, 11) is 0. The van der Waals surface area contributed by atoms with Gasteiger partial charge in [0.15, 0.2) is 0 Å². The number of aliphatic hydroxyl groups is 1. The topological polar surface area (TPSA) is 150 Å². The Kier molecular flexibility index (Phi) is 7.40. The van der Waals surface area contributed by atoms with Crippen molar-refractivity contribution in [3.05, 3.63) is 81.4 Å². The minimum absolute atomic E-state index is 0.242. The number of aromatic amines is 1. The second-order valence-electron chi connectivity index (χ2n) is 8.54. The molecule has 0 saturated carbocycles. The molecule has 0 fully saturated rings. The van der Waals surface area contributed by atoms with Gasteiger partial charge in [0.25, 0.3) is 11.8 Å². The molecule has 5 N–H and O–H groups in total. The highest BCUT2D eigenvalue weighted by Gasteiger charge is 2.26. The third-order valence-electron chi connectivity index (χ3n) is 5.99. The van der Waals surface area contributed by atoms with Gasteiger partial charge in [-0.3, -0.25) is 14.9 Å². The van der Waals surface area contributed by atoms with Gasteiger partial charge in [-0.15, -0.1) is 0 Å². The number of esters is 1. The third-order valence-corrected chi connectivity index (χ3v) is 5.99. The van der Waals surface area contributed by atoms with Gasteiger partial charge in [0, 0.05) is 22.6 Å². The lowest BCUT2D eigenvalue weighted by atomic mass is 10.0. The molecule has 0 atom stereocenters. The summed E-state index contributed by atoms with van der Waals surface area (Å²) >= 11 is 0. The van der Waals surface area contributed by atoms with E-state index >= 15 is 0 Å². The van der Waals surface area contributed by atoms with Gasteiger partial charge >= 0.3 is 12.0 Å². The average molecular weight is 521 g/mol. The molecule has 4 rings (SSSR count). The van der Waals surface area contributed by atoms with Crippen molar-refractivity contribution < 1.29 is 33.4 Å². The first-order valence-electron chi connectivity index (χ1n) is 11.7. The average Bonchev–Trinajstić information content (AvgIpc) is 3.32. The lowest BCUT2D eigenvalue weighted by molar-refractivity contribution is -0.110. The standard InChI is InChI=1S/C27H25FN4O6/c1-4-38-26(36)23-13(2)21(29-14(23)3)11-19-17-8-6-16(10-22(17)31-25(19)35)30-27(37)32-24(34)18-7-5-15(12-33)9-20(18)28/h5-11,29,33H,4,12H2,1-3H3,(H,31,35)(H2,30,32,34,37)/b19-11-. The number of benzene rings is 2. The van der Waals surface area contributed by atoms with Crippen molar-refractivity contribution in [3.63, 3.8) is 0 Å². The summed E-state index contributed by atoms with van der Waals surface area (Å²) < 4.78 is 19.2. The molecule has 0 unspecified atom stereocenters. The van der Waals surface area contributed by atoms with Crippen LogP contribution >= 0.6 is 0 Å². The maximum Gasteiger partial charge on any atom is 0.340 e. The summed E-state index contributed by atoms with van der Waals surface area (Å²) in [4.78, 5) is 52.7. The number of H-pyrrole nitrogens is 1. The molecule has 10 nitrogen and oxygen atoms in total. The fraction of sp³-hybridized carbons (Fsp3) is 0.185. The Morgan fingerprint density at radius 2 is 1.89 bits per heavy atom. The van der Waals surface area contributed by atoms with Crippen LogP contribution in [0.3, 0.4) is 0 Å². The fourth-order valence-corrected chi connectivity index (χ4v) is 4.16. The minimum Gasteiger partial charge on any atom is -0.462 e. The van der Waals surface area contributed by atoms with Gasteiger partial charge < -0.3 is 25.5 Å². The van der Waals surface area contributed by atoms with Crippen molar-refractivity contribution in [1.29, 1.82) is 0 Å². The van der Waals surface area contributed by atoms with Crippen LogP contribution in [-0.4, -0.2) is 40.5 Å². The van der Waals surface area contributed by atoms with Gasteiger partial charge in [-0.05, 0) is 62.2 Å². The summed E-state index contributed by atoms with van der Waals surface area (Å²) in [5.74, 6) is -2.65. The zero-order chi connectivity index (χ0) is 27.6. The number of ether oxygens (including phenoxy) is 1. The van der Waals surface area contributed by atoms with Gasteiger partial charge in [-0.2, -0.15) is 0 Å². The number of fused-ring (bicyclic) bond motifs is 1. The Bertz CT molecular complexity index is 1510. The first kappa shape index (κ1) is 26.3. The van der Waals surface area contributed by atoms with Crippen LogP contribution in [0.15, 0.2) is 36.4 Å². The van der Waals surface area contributed by atoms with E-state index in [-0.39, 0.29) is 35.9 Å². The number of carbonyl (C=O) groups excluding carboxylic acids is 4. The Balaban J connectivity index is 1.51. The van der Waals surface area contributed by atoms with Gasteiger partial charge in [-0.25, -0.2) is 14.0 Å². The number of aliphatic hydroxyl groups excluding tert-OH is 1. The number of hydrogen-bond donors (Lipinski definition) is 5. The number of anilines is 2. The molecule has 1 aromatic heterocycles. The van der Waals surface area contributed by atoms with E-state index < -0.39 is 23.7 Å². The van der Waals surface area contributed by atoms with E-state index in [1.165, 1.54) is 18.2 Å². The van der Waals surface area contributed by atoms with Crippen LogP contribution in [0.25, 0.3) is 11.6 Å². The smallest absolute Gasteiger partial charge is 0.340 e. The Labute approximate surface area is 216 Å². The second kappa shape index (κ2) is 10.7. The van der Waals surface area contributed by atoms with Gasteiger partial charge in [0.1, 0.15) is 5.82 Å². The van der Waals surface area contributed by atoms with E-state index in [2.05, 4.69) is 15.6 Å². The maximum absolute atomic E-state index is 14.1. The monoisotopic (exact) mass is 520 g/mol.